The minimum Gasteiger partial charge on any atom is -0.419 e. The Hall–Kier alpha value is -1.23. The molecule has 0 heterocycles. The summed E-state index contributed by atoms with van der Waals surface area (Å²) in [6.45, 7) is 3.79. The fourth-order valence-electron chi connectivity index (χ4n) is 0.961. The van der Waals surface area contributed by atoms with Gasteiger partial charge in [-0.05, 0) is 18.6 Å². The molecule has 76 valence electrons. The van der Waals surface area contributed by atoms with Gasteiger partial charge in [0.15, 0.2) is 0 Å². The summed E-state index contributed by atoms with van der Waals surface area (Å²) in [6, 6.07) is 4.82. The third kappa shape index (κ3) is 2.63. The first-order valence-corrected chi connectivity index (χ1v) is 5.10. The highest BCUT2D eigenvalue weighted by atomic mass is 32.2. The topological polar surface area (TPSA) is 52.4 Å². The van der Waals surface area contributed by atoms with Gasteiger partial charge in [0.05, 0.1) is 17.0 Å². The normalized spacial score (nSPS) is 9.86. The molecule has 0 amide bonds. The molecule has 0 saturated carbocycles. The summed E-state index contributed by atoms with van der Waals surface area (Å²) in [7, 11) is 0. The highest BCUT2D eigenvalue weighted by Crippen LogP contribution is 2.30. The summed E-state index contributed by atoms with van der Waals surface area (Å²) >= 11 is 1.20. The molecule has 1 aromatic rings. The van der Waals surface area contributed by atoms with Gasteiger partial charge in [-0.25, -0.2) is 0 Å². The summed E-state index contributed by atoms with van der Waals surface area (Å²) in [6.07, 6.45) is 0. The van der Waals surface area contributed by atoms with Crippen LogP contribution < -0.4 is 4.18 Å². The van der Waals surface area contributed by atoms with Crippen molar-refractivity contribution in [1.82, 2.24) is 0 Å². The fraction of sp³-hybridized carbons (Fsp3) is 0.333. The fourth-order valence-corrected chi connectivity index (χ4v) is 1.34. The zero-order valence-electron chi connectivity index (χ0n) is 8.02. The van der Waals surface area contributed by atoms with Crippen molar-refractivity contribution in [3.8, 4) is 5.75 Å². The predicted molar refractivity (Wildman–Crippen MR) is 56.6 cm³/mol. The number of hydrogen-bond acceptors (Lipinski definition) is 4. The van der Waals surface area contributed by atoms with Gasteiger partial charge in [0, 0.05) is 11.8 Å². The van der Waals surface area contributed by atoms with E-state index in [9.17, 15) is 10.1 Å². The summed E-state index contributed by atoms with van der Waals surface area (Å²) in [5, 5.41) is 10.6. The van der Waals surface area contributed by atoms with E-state index in [4.69, 9.17) is 4.18 Å². The van der Waals surface area contributed by atoms with E-state index in [0.29, 0.717) is 5.75 Å². The molecular weight excluding hydrogens is 202 g/mol. The molecule has 5 heteroatoms. The van der Waals surface area contributed by atoms with Gasteiger partial charge in [0.25, 0.3) is 0 Å². The van der Waals surface area contributed by atoms with Gasteiger partial charge >= 0.3 is 5.69 Å². The molecule has 0 bridgehead atoms. The molecule has 0 radical (unpaired) electrons. The van der Waals surface area contributed by atoms with Crippen LogP contribution >= 0.6 is 12.0 Å². The van der Waals surface area contributed by atoms with Crippen molar-refractivity contribution < 1.29 is 9.11 Å². The van der Waals surface area contributed by atoms with E-state index < -0.39 is 4.92 Å². The number of nitro benzene ring substituents is 1. The molecular formula is C9H11NO3S. The second kappa shape index (κ2) is 4.85. The molecule has 0 atom stereocenters. The Bertz CT molecular complexity index is 341. The van der Waals surface area contributed by atoms with Crippen LogP contribution in [0.3, 0.4) is 0 Å². The van der Waals surface area contributed by atoms with Crippen molar-refractivity contribution in [3.05, 3.63) is 33.9 Å². The van der Waals surface area contributed by atoms with Crippen molar-refractivity contribution in [1.29, 1.82) is 0 Å². The molecule has 1 aromatic carbocycles. The van der Waals surface area contributed by atoms with E-state index in [-0.39, 0.29) is 5.69 Å². The second-order valence-corrected chi connectivity index (χ2v) is 3.70. The van der Waals surface area contributed by atoms with Crippen LogP contribution in [0.5, 0.6) is 5.75 Å². The first kappa shape index (κ1) is 10.8. The lowest BCUT2D eigenvalue weighted by Crippen LogP contribution is -1.93. The summed E-state index contributed by atoms with van der Waals surface area (Å²) < 4.78 is 5.20. The van der Waals surface area contributed by atoms with Gasteiger partial charge in [0.1, 0.15) is 0 Å². The van der Waals surface area contributed by atoms with Crippen LogP contribution in [0.15, 0.2) is 18.2 Å². The number of aryl methyl sites for hydroxylation is 1. The minimum atomic E-state index is -0.439. The molecule has 0 unspecified atom stereocenters. The Morgan fingerprint density at radius 3 is 2.86 bits per heavy atom. The van der Waals surface area contributed by atoms with E-state index in [2.05, 4.69) is 0 Å². The van der Waals surface area contributed by atoms with Crippen molar-refractivity contribution in [2.24, 2.45) is 0 Å². The molecule has 0 spiro atoms. The van der Waals surface area contributed by atoms with Gasteiger partial charge in [0.2, 0.25) is 5.75 Å². The Balaban J connectivity index is 2.97. The van der Waals surface area contributed by atoms with Gasteiger partial charge < -0.3 is 4.18 Å². The van der Waals surface area contributed by atoms with Gasteiger partial charge in [-0.15, -0.1) is 0 Å². The zero-order chi connectivity index (χ0) is 10.6. The smallest absolute Gasteiger partial charge is 0.312 e. The van der Waals surface area contributed by atoms with Crippen LogP contribution in [0.1, 0.15) is 12.5 Å². The molecule has 0 aliphatic heterocycles. The van der Waals surface area contributed by atoms with Crippen LogP contribution in [0.4, 0.5) is 5.69 Å². The third-order valence-electron chi connectivity index (χ3n) is 1.58. The standard InChI is InChI=1S/C9H11NO3S/c1-3-14-13-9-6-7(2)4-5-8(9)10(11)12/h4-6H,3H2,1-2H3. The minimum absolute atomic E-state index is 0.0107. The number of benzene rings is 1. The third-order valence-corrected chi connectivity index (χ3v) is 2.11. The van der Waals surface area contributed by atoms with E-state index in [1.165, 1.54) is 18.1 Å². The lowest BCUT2D eigenvalue weighted by atomic mass is 10.2. The maximum absolute atomic E-state index is 10.6. The molecule has 0 saturated heterocycles. The van der Waals surface area contributed by atoms with Gasteiger partial charge in [-0.2, -0.15) is 0 Å². The monoisotopic (exact) mass is 213 g/mol. The highest BCUT2D eigenvalue weighted by Gasteiger charge is 2.14. The molecule has 0 aliphatic rings. The van der Waals surface area contributed by atoms with Crippen molar-refractivity contribution in [2.45, 2.75) is 13.8 Å². The Labute approximate surface area is 86.6 Å². The quantitative estimate of drug-likeness (QED) is 0.438. The number of nitro groups is 1. The van der Waals surface area contributed by atoms with Gasteiger partial charge in [-0.1, -0.05) is 13.0 Å². The Morgan fingerprint density at radius 1 is 1.57 bits per heavy atom. The average molecular weight is 213 g/mol. The van der Waals surface area contributed by atoms with Gasteiger partial charge in [-0.3, -0.25) is 10.1 Å². The van der Waals surface area contributed by atoms with Crippen LogP contribution in [-0.4, -0.2) is 10.7 Å². The Morgan fingerprint density at radius 2 is 2.29 bits per heavy atom. The lowest BCUT2D eigenvalue weighted by molar-refractivity contribution is -0.385. The SMILES string of the molecule is CCSOc1cc(C)ccc1[N+](=O)[O-]. The molecule has 0 aromatic heterocycles. The lowest BCUT2D eigenvalue weighted by Gasteiger charge is -2.03. The number of hydrogen-bond donors (Lipinski definition) is 0. The molecule has 1 rings (SSSR count). The van der Waals surface area contributed by atoms with Crippen molar-refractivity contribution in [2.75, 3.05) is 5.75 Å². The van der Waals surface area contributed by atoms with Crippen LogP contribution in [0.25, 0.3) is 0 Å². The van der Waals surface area contributed by atoms with Crippen LogP contribution in [-0.2, 0) is 0 Å². The van der Waals surface area contributed by atoms with Crippen LogP contribution in [0.2, 0.25) is 0 Å². The first-order valence-electron chi connectivity index (χ1n) is 4.19. The summed E-state index contributed by atoms with van der Waals surface area (Å²) in [4.78, 5) is 10.2. The maximum Gasteiger partial charge on any atom is 0.312 e. The number of rotatable bonds is 4. The predicted octanol–water partition coefficient (Wildman–Crippen LogP) is 2.95. The van der Waals surface area contributed by atoms with Crippen LogP contribution in [0, 0.1) is 17.0 Å². The van der Waals surface area contributed by atoms with E-state index in [0.717, 1.165) is 11.3 Å². The van der Waals surface area contributed by atoms with E-state index >= 15 is 0 Å². The van der Waals surface area contributed by atoms with E-state index in [1.54, 1.807) is 12.1 Å². The van der Waals surface area contributed by atoms with Crippen molar-refractivity contribution >= 4 is 17.7 Å². The molecule has 4 nitrogen and oxygen atoms in total. The largest absolute Gasteiger partial charge is 0.419 e. The first-order chi connectivity index (χ1) is 6.65. The second-order valence-electron chi connectivity index (χ2n) is 2.72. The average Bonchev–Trinajstić information content (AvgIpc) is 2.14. The Kier molecular flexibility index (Phi) is 3.76. The van der Waals surface area contributed by atoms with Crippen molar-refractivity contribution in [3.63, 3.8) is 0 Å². The maximum atomic E-state index is 10.6. The zero-order valence-corrected chi connectivity index (χ0v) is 8.84. The number of nitrogens with zero attached hydrogens (tertiary/aromatic N) is 1. The molecule has 14 heavy (non-hydrogen) atoms. The molecule has 0 fully saturated rings. The highest BCUT2D eigenvalue weighted by molar-refractivity contribution is 7.94. The molecule has 0 aliphatic carbocycles. The molecule has 0 N–H and O–H groups in total. The van der Waals surface area contributed by atoms with E-state index in [1.807, 2.05) is 13.8 Å². The summed E-state index contributed by atoms with van der Waals surface area (Å²) in [5.41, 5.74) is 0.957. The summed E-state index contributed by atoms with van der Waals surface area (Å²) in [5.74, 6) is 1.08.